The summed E-state index contributed by atoms with van der Waals surface area (Å²) in [5.41, 5.74) is 6.47. The molecular weight excluding hydrogens is 437 g/mol. The van der Waals surface area contributed by atoms with Gasteiger partial charge in [-0.25, -0.2) is 9.18 Å². The summed E-state index contributed by atoms with van der Waals surface area (Å²) in [6, 6.07) is 13.8. The molecule has 3 amide bonds. The first-order chi connectivity index (χ1) is 13.8. The van der Waals surface area contributed by atoms with E-state index in [0.29, 0.717) is 19.4 Å². The van der Waals surface area contributed by atoms with Gasteiger partial charge >= 0.3 is 6.03 Å². The second kappa shape index (κ2) is 8.95. The quantitative estimate of drug-likeness (QED) is 0.631. The lowest BCUT2D eigenvalue weighted by Crippen LogP contribution is -2.58. The molecule has 3 rings (SSSR count). The molecule has 0 saturated carbocycles. The van der Waals surface area contributed by atoms with Crippen LogP contribution in [0.5, 0.6) is 0 Å². The van der Waals surface area contributed by atoms with Crippen LogP contribution in [0.2, 0.25) is 0 Å². The predicted molar refractivity (Wildman–Crippen MR) is 114 cm³/mol. The van der Waals surface area contributed by atoms with E-state index < -0.39 is 11.4 Å². The third-order valence-corrected chi connectivity index (χ3v) is 6.13. The van der Waals surface area contributed by atoms with Crippen molar-refractivity contribution in [1.29, 1.82) is 0 Å². The molecule has 0 radical (unpaired) electrons. The maximum Gasteiger partial charge on any atom is 0.318 e. The molecule has 1 aliphatic rings. The Morgan fingerprint density at radius 1 is 1.24 bits per heavy atom. The van der Waals surface area contributed by atoms with Gasteiger partial charge in [-0.1, -0.05) is 47.1 Å². The van der Waals surface area contributed by atoms with E-state index in [1.165, 1.54) is 12.1 Å². The first kappa shape index (κ1) is 21.3. The van der Waals surface area contributed by atoms with Gasteiger partial charge in [0.15, 0.2) is 0 Å². The summed E-state index contributed by atoms with van der Waals surface area (Å²) in [6.07, 6.45) is 1.90. The number of amides is 3. The minimum absolute atomic E-state index is 0.0505. The molecule has 5 nitrogen and oxygen atoms in total. The highest BCUT2D eigenvalue weighted by atomic mass is 79.9. The number of carbonyl (C=O) groups excluding carboxylic acids is 2. The summed E-state index contributed by atoms with van der Waals surface area (Å²) in [4.78, 5) is 26.4. The Morgan fingerprint density at radius 2 is 1.90 bits per heavy atom. The van der Waals surface area contributed by atoms with Crippen LogP contribution in [0.25, 0.3) is 0 Å². The summed E-state index contributed by atoms with van der Waals surface area (Å²) < 4.78 is 14.4. The average Bonchev–Trinajstić information content (AvgIpc) is 2.70. The number of benzene rings is 2. The summed E-state index contributed by atoms with van der Waals surface area (Å²) in [5.74, 6) is -0.770. The van der Waals surface area contributed by atoms with E-state index >= 15 is 0 Å². The first-order valence-corrected chi connectivity index (χ1v) is 10.5. The van der Waals surface area contributed by atoms with Gasteiger partial charge in [0.05, 0.1) is 11.6 Å². The number of rotatable bonds is 7. The summed E-state index contributed by atoms with van der Waals surface area (Å²) in [6.45, 7) is 2.57. The lowest BCUT2D eigenvalue weighted by molar-refractivity contribution is -0.118. The van der Waals surface area contributed by atoms with Crippen molar-refractivity contribution in [3.05, 3.63) is 69.9 Å². The van der Waals surface area contributed by atoms with Crippen molar-refractivity contribution in [3.8, 4) is 0 Å². The molecule has 2 aromatic rings. The van der Waals surface area contributed by atoms with Gasteiger partial charge in [-0.3, -0.25) is 4.79 Å². The van der Waals surface area contributed by atoms with Crippen LogP contribution in [-0.4, -0.2) is 23.4 Å². The maximum absolute atomic E-state index is 13.4. The topological polar surface area (TPSA) is 75.4 Å². The van der Waals surface area contributed by atoms with Gasteiger partial charge in [0.2, 0.25) is 5.91 Å². The van der Waals surface area contributed by atoms with Crippen molar-refractivity contribution < 1.29 is 14.0 Å². The lowest BCUT2D eigenvalue weighted by atomic mass is 9.80. The molecule has 2 aromatic carbocycles. The standard InChI is InChI=1S/C22H25BrFN3O2/c1-2-19(15-3-7-17(23)8-4-15)27-14-13-22(26-21(27)29,12-11-20(25)28)16-5-9-18(24)10-6-16/h3-10,19H,2,11-14H2,1H3,(H2,25,28)(H,26,29). The molecule has 1 fully saturated rings. The fourth-order valence-electron chi connectivity index (χ4n) is 4.02. The number of urea groups is 1. The molecule has 0 aromatic heterocycles. The van der Waals surface area contributed by atoms with Crippen molar-refractivity contribution in [2.75, 3.05) is 6.54 Å². The molecule has 0 spiro atoms. The number of carbonyl (C=O) groups is 2. The van der Waals surface area contributed by atoms with Gasteiger partial charge in [0.1, 0.15) is 5.82 Å². The highest BCUT2D eigenvalue weighted by molar-refractivity contribution is 9.10. The van der Waals surface area contributed by atoms with Crippen molar-refractivity contribution in [2.45, 2.75) is 44.2 Å². The number of hydrogen-bond donors (Lipinski definition) is 2. The fraction of sp³-hybridized carbons (Fsp3) is 0.364. The van der Waals surface area contributed by atoms with Gasteiger partial charge in [-0.15, -0.1) is 0 Å². The van der Waals surface area contributed by atoms with Crippen LogP contribution in [-0.2, 0) is 10.3 Å². The van der Waals surface area contributed by atoms with E-state index in [0.717, 1.165) is 22.0 Å². The third kappa shape index (κ3) is 4.78. The van der Waals surface area contributed by atoms with Gasteiger partial charge in [0, 0.05) is 17.4 Å². The number of halogens is 2. The molecule has 1 saturated heterocycles. The molecule has 1 heterocycles. The fourth-order valence-corrected chi connectivity index (χ4v) is 4.29. The highest BCUT2D eigenvalue weighted by Crippen LogP contribution is 2.37. The van der Waals surface area contributed by atoms with Crippen LogP contribution in [0.4, 0.5) is 9.18 Å². The van der Waals surface area contributed by atoms with Crippen molar-refractivity contribution in [2.24, 2.45) is 5.73 Å². The Labute approximate surface area is 178 Å². The minimum atomic E-state index is -0.742. The normalized spacial score (nSPS) is 20.2. The first-order valence-electron chi connectivity index (χ1n) is 9.73. The zero-order valence-corrected chi connectivity index (χ0v) is 17.9. The molecule has 0 aliphatic carbocycles. The number of primary amides is 1. The van der Waals surface area contributed by atoms with Crippen molar-refractivity contribution in [1.82, 2.24) is 10.2 Å². The molecule has 2 unspecified atom stereocenters. The highest BCUT2D eigenvalue weighted by Gasteiger charge is 2.41. The molecule has 29 heavy (non-hydrogen) atoms. The van der Waals surface area contributed by atoms with E-state index in [4.69, 9.17) is 5.73 Å². The predicted octanol–water partition coefficient (Wildman–Crippen LogP) is 4.62. The third-order valence-electron chi connectivity index (χ3n) is 5.60. The number of hydrogen-bond acceptors (Lipinski definition) is 2. The van der Waals surface area contributed by atoms with Gasteiger partial charge in [0.25, 0.3) is 0 Å². The Balaban J connectivity index is 1.86. The molecule has 3 N–H and O–H groups in total. The smallest absolute Gasteiger partial charge is 0.318 e. The molecule has 0 bridgehead atoms. The number of nitrogens with two attached hydrogens (primary N) is 1. The monoisotopic (exact) mass is 461 g/mol. The lowest BCUT2D eigenvalue weighted by Gasteiger charge is -2.45. The van der Waals surface area contributed by atoms with Crippen molar-refractivity contribution in [3.63, 3.8) is 0 Å². The van der Waals surface area contributed by atoms with Crippen LogP contribution in [0, 0.1) is 5.82 Å². The Hall–Kier alpha value is -2.41. The van der Waals surface area contributed by atoms with Gasteiger partial charge < -0.3 is 16.0 Å². The molecular formula is C22H25BrFN3O2. The molecule has 1 aliphatic heterocycles. The largest absolute Gasteiger partial charge is 0.370 e. The number of nitrogens with one attached hydrogen (secondary N) is 1. The zero-order valence-electron chi connectivity index (χ0n) is 16.3. The minimum Gasteiger partial charge on any atom is -0.370 e. The van der Waals surface area contributed by atoms with Crippen LogP contribution in [0.15, 0.2) is 53.0 Å². The molecule has 2 atom stereocenters. The van der Waals surface area contributed by atoms with Crippen LogP contribution >= 0.6 is 15.9 Å². The van der Waals surface area contributed by atoms with E-state index in [-0.39, 0.29) is 24.3 Å². The molecule has 7 heteroatoms. The SMILES string of the molecule is CCC(c1ccc(Br)cc1)N1CCC(CCC(N)=O)(c2ccc(F)cc2)NC1=O. The summed E-state index contributed by atoms with van der Waals surface area (Å²) >= 11 is 3.44. The average molecular weight is 462 g/mol. The zero-order chi connectivity index (χ0) is 21.0. The Kier molecular flexibility index (Phi) is 6.57. The second-order valence-corrected chi connectivity index (χ2v) is 8.32. The number of nitrogens with zero attached hydrogens (tertiary/aromatic N) is 1. The maximum atomic E-state index is 13.4. The Bertz CT molecular complexity index is 873. The molecule has 154 valence electrons. The summed E-state index contributed by atoms with van der Waals surface area (Å²) in [5, 5.41) is 3.11. The van der Waals surface area contributed by atoms with E-state index in [1.807, 2.05) is 29.2 Å². The van der Waals surface area contributed by atoms with Crippen LogP contribution in [0.1, 0.15) is 49.8 Å². The van der Waals surface area contributed by atoms with Crippen molar-refractivity contribution >= 4 is 27.9 Å². The van der Waals surface area contributed by atoms with Gasteiger partial charge in [-0.05, 0) is 54.7 Å². The van der Waals surface area contributed by atoms with Crippen LogP contribution in [0.3, 0.4) is 0 Å². The summed E-state index contributed by atoms with van der Waals surface area (Å²) in [7, 11) is 0. The van der Waals surface area contributed by atoms with Crippen LogP contribution < -0.4 is 11.1 Å². The van der Waals surface area contributed by atoms with Gasteiger partial charge in [-0.2, -0.15) is 0 Å². The van der Waals surface area contributed by atoms with E-state index in [1.54, 1.807) is 12.1 Å². The van der Waals surface area contributed by atoms with E-state index in [9.17, 15) is 14.0 Å². The second-order valence-electron chi connectivity index (χ2n) is 7.40. The van der Waals surface area contributed by atoms with E-state index in [2.05, 4.69) is 28.2 Å². The Morgan fingerprint density at radius 3 is 2.45 bits per heavy atom.